The van der Waals surface area contributed by atoms with Gasteiger partial charge in [-0.05, 0) is 50.1 Å². The van der Waals surface area contributed by atoms with E-state index in [9.17, 15) is 10.1 Å². The summed E-state index contributed by atoms with van der Waals surface area (Å²) in [5.74, 6) is 2.08. The average molecular weight is 474 g/mol. The van der Waals surface area contributed by atoms with Crippen LogP contribution < -0.4 is 25.0 Å². The Labute approximate surface area is 203 Å². The molecule has 0 bridgehead atoms. The van der Waals surface area contributed by atoms with Gasteiger partial charge in [0.15, 0.2) is 11.5 Å². The molecule has 2 N–H and O–H groups in total. The van der Waals surface area contributed by atoms with Crippen molar-refractivity contribution in [2.24, 2.45) is 0 Å². The molecule has 0 aliphatic carbocycles. The summed E-state index contributed by atoms with van der Waals surface area (Å²) < 4.78 is 10.5. The molecule has 2 aromatic heterocycles. The maximum absolute atomic E-state index is 12.7. The molecular weight excluding hydrogens is 446 g/mol. The SMILES string of the molecule is CCOc1ccc(Nc2nc(N3CCCC(NC(=O)c4ccc(OC)cc4)C3)cnc2C#N)cn1. The zero-order valence-corrected chi connectivity index (χ0v) is 19.7. The van der Waals surface area contributed by atoms with Crippen molar-refractivity contribution < 1.29 is 14.3 Å². The van der Waals surface area contributed by atoms with Crippen molar-refractivity contribution in [1.82, 2.24) is 20.3 Å². The molecule has 10 heteroatoms. The van der Waals surface area contributed by atoms with Gasteiger partial charge >= 0.3 is 0 Å². The van der Waals surface area contributed by atoms with E-state index < -0.39 is 0 Å². The first kappa shape index (κ1) is 23.8. The molecule has 1 atom stereocenters. The highest BCUT2D eigenvalue weighted by molar-refractivity contribution is 5.94. The van der Waals surface area contributed by atoms with Gasteiger partial charge in [0.2, 0.25) is 5.88 Å². The fourth-order valence-corrected chi connectivity index (χ4v) is 3.84. The van der Waals surface area contributed by atoms with Gasteiger partial charge in [0.25, 0.3) is 5.91 Å². The lowest BCUT2D eigenvalue weighted by Crippen LogP contribution is -2.48. The van der Waals surface area contributed by atoms with Crippen molar-refractivity contribution in [2.75, 3.05) is 37.0 Å². The Bertz CT molecular complexity index is 1190. The molecule has 180 valence electrons. The van der Waals surface area contributed by atoms with Gasteiger partial charge in [0.05, 0.1) is 31.8 Å². The fourth-order valence-electron chi connectivity index (χ4n) is 3.84. The number of pyridine rings is 1. The molecule has 10 nitrogen and oxygen atoms in total. The fraction of sp³-hybridized carbons (Fsp3) is 0.320. The number of carbonyl (C=O) groups excluding carboxylic acids is 1. The summed E-state index contributed by atoms with van der Waals surface area (Å²) in [4.78, 5) is 28.0. The molecule has 0 saturated carbocycles. The number of methoxy groups -OCH3 is 1. The summed E-state index contributed by atoms with van der Waals surface area (Å²) in [6.07, 6.45) is 4.96. The topological polar surface area (TPSA) is 125 Å². The summed E-state index contributed by atoms with van der Waals surface area (Å²) in [7, 11) is 1.59. The molecule has 1 aliphatic rings. The molecule has 1 saturated heterocycles. The Morgan fingerprint density at radius 2 is 2.03 bits per heavy atom. The van der Waals surface area contributed by atoms with Crippen molar-refractivity contribution in [2.45, 2.75) is 25.8 Å². The Hall–Kier alpha value is -4.39. The quantitative estimate of drug-likeness (QED) is 0.507. The molecule has 3 heterocycles. The summed E-state index contributed by atoms with van der Waals surface area (Å²) in [6, 6.07) is 12.6. The standard InChI is InChI=1S/C25H27N7O3/c1-3-35-23-11-8-18(14-28-23)29-24-21(13-26)27-15-22(31-24)32-12-4-5-19(16-32)30-25(33)17-6-9-20(34-2)10-7-17/h6-11,14-15,19H,3-5,12,16H2,1-2H3,(H,29,31)(H,30,33). The third-order valence-corrected chi connectivity index (χ3v) is 5.59. The summed E-state index contributed by atoms with van der Waals surface area (Å²) in [5.41, 5.74) is 1.43. The first-order valence-electron chi connectivity index (χ1n) is 11.4. The predicted octanol–water partition coefficient (Wildman–Crippen LogP) is 3.29. The van der Waals surface area contributed by atoms with Crippen LogP contribution in [0, 0.1) is 11.3 Å². The minimum absolute atomic E-state index is 0.0393. The van der Waals surface area contributed by atoms with E-state index in [0.717, 1.165) is 19.4 Å². The molecule has 35 heavy (non-hydrogen) atoms. The first-order chi connectivity index (χ1) is 17.1. The minimum Gasteiger partial charge on any atom is -0.497 e. The number of nitrogens with zero attached hydrogens (tertiary/aromatic N) is 5. The van der Waals surface area contributed by atoms with E-state index in [0.29, 0.717) is 47.7 Å². The van der Waals surface area contributed by atoms with E-state index in [-0.39, 0.29) is 17.6 Å². The number of nitriles is 1. The lowest BCUT2D eigenvalue weighted by atomic mass is 10.0. The van der Waals surface area contributed by atoms with Gasteiger partial charge in [0.1, 0.15) is 17.6 Å². The van der Waals surface area contributed by atoms with E-state index in [1.54, 1.807) is 55.9 Å². The Morgan fingerprint density at radius 1 is 1.20 bits per heavy atom. The van der Waals surface area contributed by atoms with Crippen LogP contribution >= 0.6 is 0 Å². The largest absolute Gasteiger partial charge is 0.497 e. The molecule has 1 fully saturated rings. The summed E-state index contributed by atoms with van der Waals surface area (Å²) in [5, 5.41) is 15.7. The van der Waals surface area contributed by atoms with E-state index in [1.165, 1.54) is 0 Å². The highest BCUT2D eigenvalue weighted by atomic mass is 16.5. The lowest BCUT2D eigenvalue weighted by Gasteiger charge is -2.34. The Kier molecular flexibility index (Phi) is 7.57. The van der Waals surface area contributed by atoms with Crippen LogP contribution in [0.5, 0.6) is 11.6 Å². The zero-order valence-electron chi connectivity index (χ0n) is 19.7. The number of rotatable bonds is 8. The van der Waals surface area contributed by atoms with E-state index in [4.69, 9.17) is 9.47 Å². The maximum Gasteiger partial charge on any atom is 0.251 e. The van der Waals surface area contributed by atoms with Gasteiger partial charge in [-0.2, -0.15) is 5.26 Å². The summed E-state index contributed by atoms with van der Waals surface area (Å²) >= 11 is 0. The molecule has 1 amide bonds. The second-order valence-electron chi connectivity index (χ2n) is 7.97. The third kappa shape index (κ3) is 5.95. The van der Waals surface area contributed by atoms with Crippen LogP contribution in [0.2, 0.25) is 0 Å². The normalized spacial score (nSPS) is 15.1. The van der Waals surface area contributed by atoms with E-state index in [2.05, 4.69) is 36.6 Å². The van der Waals surface area contributed by atoms with Gasteiger partial charge in [-0.25, -0.2) is 15.0 Å². The number of carbonyl (C=O) groups is 1. The number of hydrogen-bond acceptors (Lipinski definition) is 9. The highest BCUT2D eigenvalue weighted by Crippen LogP contribution is 2.24. The zero-order chi connectivity index (χ0) is 24.6. The van der Waals surface area contributed by atoms with Crippen LogP contribution in [0.4, 0.5) is 17.3 Å². The van der Waals surface area contributed by atoms with Crippen molar-refractivity contribution in [3.05, 3.63) is 60.0 Å². The maximum atomic E-state index is 12.7. The smallest absolute Gasteiger partial charge is 0.251 e. The van der Waals surface area contributed by atoms with Gasteiger partial charge in [-0.1, -0.05) is 0 Å². The van der Waals surface area contributed by atoms with Gasteiger partial charge < -0.3 is 25.0 Å². The third-order valence-electron chi connectivity index (χ3n) is 5.59. The number of hydrogen-bond donors (Lipinski definition) is 2. The number of nitrogens with one attached hydrogen (secondary N) is 2. The molecule has 0 spiro atoms. The van der Waals surface area contributed by atoms with Crippen molar-refractivity contribution in [1.29, 1.82) is 5.26 Å². The predicted molar refractivity (Wildman–Crippen MR) is 131 cm³/mol. The van der Waals surface area contributed by atoms with Gasteiger partial charge in [0, 0.05) is 30.8 Å². The van der Waals surface area contributed by atoms with Crippen LogP contribution in [-0.2, 0) is 0 Å². The van der Waals surface area contributed by atoms with Crippen LogP contribution in [0.15, 0.2) is 48.8 Å². The number of benzene rings is 1. The molecular formula is C25H27N7O3. The molecule has 1 aromatic carbocycles. The van der Waals surface area contributed by atoms with Crippen LogP contribution in [-0.4, -0.2) is 53.7 Å². The molecule has 1 unspecified atom stereocenters. The number of anilines is 3. The van der Waals surface area contributed by atoms with E-state index >= 15 is 0 Å². The van der Waals surface area contributed by atoms with Crippen molar-refractivity contribution >= 4 is 23.2 Å². The summed E-state index contributed by atoms with van der Waals surface area (Å²) in [6.45, 7) is 3.79. The lowest BCUT2D eigenvalue weighted by molar-refractivity contribution is 0.0933. The van der Waals surface area contributed by atoms with Crippen molar-refractivity contribution in [3.8, 4) is 17.7 Å². The number of aromatic nitrogens is 3. The van der Waals surface area contributed by atoms with Crippen LogP contribution in [0.3, 0.4) is 0 Å². The Balaban J connectivity index is 1.45. The molecule has 1 aliphatic heterocycles. The average Bonchev–Trinajstić information content (AvgIpc) is 2.90. The number of ether oxygens (including phenoxy) is 2. The molecule has 4 rings (SSSR count). The van der Waals surface area contributed by atoms with Crippen LogP contribution in [0.1, 0.15) is 35.8 Å². The number of piperidine rings is 1. The second kappa shape index (κ2) is 11.2. The highest BCUT2D eigenvalue weighted by Gasteiger charge is 2.24. The molecule has 0 radical (unpaired) electrons. The van der Waals surface area contributed by atoms with Gasteiger partial charge in [-0.15, -0.1) is 0 Å². The Morgan fingerprint density at radius 3 is 2.71 bits per heavy atom. The monoisotopic (exact) mass is 473 g/mol. The van der Waals surface area contributed by atoms with E-state index in [1.807, 2.05) is 6.92 Å². The second-order valence-corrected chi connectivity index (χ2v) is 7.97. The minimum atomic E-state index is -0.129. The van der Waals surface area contributed by atoms with Crippen LogP contribution in [0.25, 0.3) is 0 Å². The number of amides is 1. The van der Waals surface area contributed by atoms with Crippen molar-refractivity contribution in [3.63, 3.8) is 0 Å². The first-order valence-corrected chi connectivity index (χ1v) is 11.4. The van der Waals surface area contributed by atoms with Gasteiger partial charge in [-0.3, -0.25) is 4.79 Å². The molecule has 3 aromatic rings.